The van der Waals surface area contributed by atoms with Gasteiger partial charge in [0.2, 0.25) is 11.7 Å². The molecular formula is C17H20Cl2N4O2. The Bertz CT molecular complexity index is 835. The second-order valence-corrected chi connectivity index (χ2v) is 6.64. The summed E-state index contributed by atoms with van der Waals surface area (Å²) >= 11 is 6.31. The van der Waals surface area contributed by atoms with Gasteiger partial charge in [0.25, 0.3) is 0 Å². The molecule has 2 aromatic heterocycles. The van der Waals surface area contributed by atoms with Gasteiger partial charge >= 0.3 is 0 Å². The standard InChI is InChI=1S/C17H19ClN4O2.ClH/c18-15-8-11(7-14(23-15)17-20-16(9-19)24-21-17)10-22-6-5-12-3-1-2-4-13(12)22;/h1-6,11,14-15H,7-10,19H2;1H. The molecule has 6 nitrogen and oxygen atoms in total. The quantitative estimate of drug-likeness (QED) is 0.696. The Morgan fingerprint density at radius 1 is 1.24 bits per heavy atom. The predicted octanol–water partition coefficient (Wildman–Crippen LogP) is 3.64. The molecule has 3 unspecified atom stereocenters. The van der Waals surface area contributed by atoms with Gasteiger partial charge in [-0.1, -0.05) is 35.0 Å². The van der Waals surface area contributed by atoms with Crippen LogP contribution < -0.4 is 5.73 Å². The number of halogens is 2. The average Bonchev–Trinajstić information content (AvgIpc) is 3.22. The summed E-state index contributed by atoms with van der Waals surface area (Å²) < 4.78 is 13.2. The highest BCUT2D eigenvalue weighted by Gasteiger charge is 2.32. The predicted molar refractivity (Wildman–Crippen MR) is 97.6 cm³/mol. The Labute approximate surface area is 156 Å². The number of aromatic nitrogens is 3. The van der Waals surface area contributed by atoms with Gasteiger partial charge in [0.05, 0.1) is 6.54 Å². The minimum absolute atomic E-state index is 0. The van der Waals surface area contributed by atoms with Crippen molar-refractivity contribution in [3.8, 4) is 0 Å². The molecular weight excluding hydrogens is 363 g/mol. The summed E-state index contributed by atoms with van der Waals surface area (Å²) in [6, 6.07) is 10.5. The monoisotopic (exact) mass is 382 g/mol. The van der Waals surface area contributed by atoms with Gasteiger partial charge in [-0.05, 0) is 36.3 Å². The number of rotatable bonds is 4. The Kier molecular flexibility index (Phi) is 5.64. The van der Waals surface area contributed by atoms with E-state index in [4.69, 9.17) is 26.6 Å². The van der Waals surface area contributed by atoms with Crippen molar-refractivity contribution in [1.82, 2.24) is 14.7 Å². The third-order valence-electron chi connectivity index (χ3n) is 4.46. The molecule has 1 aliphatic heterocycles. The first kappa shape index (κ1) is 18.2. The van der Waals surface area contributed by atoms with Gasteiger partial charge < -0.3 is 19.6 Å². The molecule has 3 heterocycles. The summed E-state index contributed by atoms with van der Waals surface area (Å²) in [4.78, 5) is 4.28. The number of alkyl halides is 1. The first-order valence-corrected chi connectivity index (χ1v) is 8.52. The molecule has 4 rings (SSSR count). The summed E-state index contributed by atoms with van der Waals surface area (Å²) in [5.74, 6) is 1.32. The summed E-state index contributed by atoms with van der Waals surface area (Å²) in [5.41, 5.74) is 6.41. The van der Waals surface area contributed by atoms with E-state index in [0.717, 1.165) is 19.4 Å². The summed E-state index contributed by atoms with van der Waals surface area (Å²) in [7, 11) is 0. The maximum absolute atomic E-state index is 6.31. The molecule has 0 radical (unpaired) electrons. The zero-order chi connectivity index (χ0) is 16.5. The average molecular weight is 383 g/mol. The SMILES string of the molecule is Cl.NCc1nc(C2CC(Cn3ccc4ccccc43)CC(Cl)O2)no1. The third kappa shape index (κ3) is 3.82. The van der Waals surface area contributed by atoms with Crippen LogP contribution in [0, 0.1) is 5.92 Å². The van der Waals surface area contributed by atoms with E-state index < -0.39 is 0 Å². The summed E-state index contributed by atoms with van der Waals surface area (Å²) in [5, 5.41) is 5.21. The van der Waals surface area contributed by atoms with Crippen LogP contribution in [0.15, 0.2) is 41.1 Å². The lowest BCUT2D eigenvalue weighted by Crippen LogP contribution is -2.28. The highest BCUT2D eigenvalue weighted by Crippen LogP contribution is 2.36. The van der Waals surface area contributed by atoms with E-state index >= 15 is 0 Å². The van der Waals surface area contributed by atoms with Gasteiger partial charge in [-0.15, -0.1) is 12.4 Å². The third-order valence-corrected chi connectivity index (χ3v) is 4.74. The molecule has 1 saturated heterocycles. The maximum atomic E-state index is 6.31. The minimum atomic E-state index is -0.351. The van der Waals surface area contributed by atoms with Crippen LogP contribution in [0.2, 0.25) is 0 Å². The molecule has 0 aliphatic carbocycles. The Morgan fingerprint density at radius 2 is 2.08 bits per heavy atom. The molecule has 1 aromatic carbocycles. The van der Waals surface area contributed by atoms with E-state index in [9.17, 15) is 0 Å². The highest BCUT2D eigenvalue weighted by atomic mass is 35.5. The fourth-order valence-corrected chi connectivity index (χ4v) is 3.70. The Morgan fingerprint density at radius 3 is 2.88 bits per heavy atom. The Balaban J connectivity index is 0.00000182. The van der Waals surface area contributed by atoms with E-state index in [-0.39, 0.29) is 30.6 Å². The number of hydrogen-bond donors (Lipinski definition) is 1. The number of benzene rings is 1. The van der Waals surface area contributed by atoms with Gasteiger partial charge in [-0.2, -0.15) is 4.98 Å². The minimum Gasteiger partial charge on any atom is -0.351 e. The number of hydrogen-bond acceptors (Lipinski definition) is 5. The number of nitrogens with zero attached hydrogens (tertiary/aromatic N) is 3. The fraction of sp³-hybridized carbons (Fsp3) is 0.412. The molecule has 25 heavy (non-hydrogen) atoms. The van der Waals surface area contributed by atoms with Gasteiger partial charge in [0.1, 0.15) is 11.7 Å². The zero-order valence-electron chi connectivity index (χ0n) is 13.5. The van der Waals surface area contributed by atoms with Crippen LogP contribution in [0.4, 0.5) is 0 Å². The first-order chi connectivity index (χ1) is 11.7. The van der Waals surface area contributed by atoms with Crippen LogP contribution in [0.25, 0.3) is 10.9 Å². The second-order valence-electron chi connectivity index (χ2n) is 6.15. The largest absolute Gasteiger partial charge is 0.351 e. The molecule has 0 saturated carbocycles. The zero-order valence-corrected chi connectivity index (χ0v) is 15.1. The first-order valence-electron chi connectivity index (χ1n) is 8.09. The molecule has 3 atom stereocenters. The lowest BCUT2D eigenvalue weighted by atomic mass is 9.95. The van der Waals surface area contributed by atoms with E-state index in [2.05, 4.69) is 51.2 Å². The van der Waals surface area contributed by atoms with Gasteiger partial charge in [-0.3, -0.25) is 0 Å². The van der Waals surface area contributed by atoms with Crippen molar-refractivity contribution in [2.24, 2.45) is 11.7 Å². The lowest BCUT2D eigenvalue weighted by molar-refractivity contribution is -0.0416. The fourth-order valence-electron chi connectivity index (χ4n) is 3.33. The molecule has 1 fully saturated rings. The molecule has 0 spiro atoms. The van der Waals surface area contributed by atoms with Crippen LogP contribution in [-0.4, -0.2) is 20.3 Å². The van der Waals surface area contributed by atoms with Gasteiger partial charge in [-0.25, -0.2) is 0 Å². The van der Waals surface area contributed by atoms with Crippen LogP contribution in [0.3, 0.4) is 0 Å². The molecule has 134 valence electrons. The van der Waals surface area contributed by atoms with Crippen molar-refractivity contribution >= 4 is 34.9 Å². The van der Waals surface area contributed by atoms with E-state index in [0.29, 0.717) is 17.6 Å². The van der Waals surface area contributed by atoms with Crippen molar-refractivity contribution in [2.45, 2.75) is 37.6 Å². The molecule has 0 amide bonds. The highest BCUT2D eigenvalue weighted by molar-refractivity contribution is 6.19. The van der Waals surface area contributed by atoms with E-state index in [1.807, 2.05) is 0 Å². The molecule has 0 bridgehead atoms. The number of ether oxygens (including phenoxy) is 1. The molecule has 8 heteroatoms. The normalized spacial score (nSPS) is 23.5. The maximum Gasteiger partial charge on any atom is 0.240 e. The molecule has 2 N–H and O–H groups in total. The Hall–Kier alpha value is -1.60. The van der Waals surface area contributed by atoms with Crippen molar-refractivity contribution in [2.75, 3.05) is 0 Å². The van der Waals surface area contributed by atoms with Crippen molar-refractivity contribution in [1.29, 1.82) is 0 Å². The number of fused-ring (bicyclic) bond motifs is 1. The number of para-hydroxylation sites is 1. The van der Waals surface area contributed by atoms with Gasteiger partial charge in [0.15, 0.2) is 0 Å². The van der Waals surface area contributed by atoms with Crippen LogP contribution in [0.1, 0.15) is 30.7 Å². The van der Waals surface area contributed by atoms with Crippen molar-refractivity contribution in [3.05, 3.63) is 48.2 Å². The van der Waals surface area contributed by atoms with Crippen molar-refractivity contribution in [3.63, 3.8) is 0 Å². The van der Waals surface area contributed by atoms with Crippen LogP contribution >= 0.6 is 24.0 Å². The number of nitrogens with two attached hydrogens (primary N) is 1. The van der Waals surface area contributed by atoms with E-state index in [1.165, 1.54) is 10.9 Å². The molecule has 3 aromatic rings. The van der Waals surface area contributed by atoms with Crippen LogP contribution in [-0.2, 0) is 17.8 Å². The smallest absolute Gasteiger partial charge is 0.240 e. The van der Waals surface area contributed by atoms with E-state index in [1.54, 1.807) is 0 Å². The van der Waals surface area contributed by atoms with Gasteiger partial charge in [0, 0.05) is 18.3 Å². The molecule has 1 aliphatic rings. The lowest BCUT2D eigenvalue weighted by Gasteiger charge is -2.31. The summed E-state index contributed by atoms with van der Waals surface area (Å²) in [6.45, 7) is 1.11. The summed E-state index contributed by atoms with van der Waals surface area (Å²) in [6.07, 6.45) is 3.47. The second kappa shape index (κ2) is 7.74. The van der Waals surface area contributed by atoms with Crippen LogP contribution in [0.5, 0.6) is 0 Å². The topological polar surface area (TPSA) is 79.1 Å². The van der Waals surface area contributed by atoms with Crippen molar-refractivity contribution < 1.29 is 9.26 Å².